The maximum Gasteiger partial charge on any atom is 0.276 e. The van der Waals surface area contributed by atoms with E-state index in [1.807, 2.05) is 0 Å². The number of aromatic amines is 1. The summed E-state index contributed by atoms with van der Waals surface area (Å²) in [6.07, 6.45) is 1.39. The Morgan fingerprint density at radius 2 is 2.07 bits per heavy atom. The molecule has 3 aromatic rings. The second-order valence-corrected chi connectivity index (χ2v) is 6.22. The molecule has 144 valence electrons. The lowest BCUT2D eigenvalue weighted by Crippen LogP contribution is -2.16. The Morgan fingerprint density at radius 1 is 1.24 bits per heavy atom. The molecular weight excluding hydrogens is 396 g/mol. The number of carbonyl (C=O) groups is 1. The number of H-pyrrole nitrogens is 1. The van der Waals surface area contributed by atoms with E-state index < -0.39 is 4.92 Å². The monoisotopic (exact) mass is 408 g/mol. The first-order valence-electron chi connectivity index (χ1n) is 8.23. The number of hydrogen-bond donors (Lipinski definition) is 3. The third kappa shape index (κ3) is 3.64. The van der Waals surface area contributed by atoms with Gasteiger partial charge >= 0.3 is 0 Å². The number of hydrogen-bond acceptors (Lipinski definition) is 8. The minimum absolute atomic E-state index is 0.0473. The molecule has 0 saturated heterocycles. The van der Waals surface area contributed by atoms with E-state index in [-0.39, 0.29) is 28.0 Å². The van der Waals surface area contributed by atoms with Gasteiger partial charge < -0.3 is 5.32 Å². The zero-order valence-electron chi connectivity index (χ0n) is 14.6. The summed E-state index contributed by atoms with van der Waals surface area (Å²) >= 11 is 5.17. The summed E-state index contributed by atoms with van der Waals surface area (Å²) in [5.74, 6) is -0.221. The summed E-state index contributed by atoms with van der Waals surface area (Å²) in [6.45, 7) is 0. The summed E-state index contributed by atoms with van der Waals surface area (Å²) in [5.41, 5.74) is 4.61. The quantitative estimate of drug-likeness (QED) is 0.256. The van der Waals surface area contributed by atoms with Crippen LogP contribution in [0.5, 0.6) is 0 Å². The Morgan fingerprint density at radius 3 is 2.90 bits per heavy atom. The molecule has 2 heterocycles. The van der Waals surface area contributed by atoms with E-state index in [1.165, 1.54) is 23.0 Å². The van der Waals surface area contributed by atoms with Gasteiger partial charge in [0, 0.05) is 23.3 Å². The molecule has 2 aromatic carbocycles. The minimum Gasteiger partial charge on any atom is -0.320 e. The molecule has 0 fully saturated rings. The summed E-state index contributed by atoms with van der Waals surface area (Å²) in [6, 6.07) is 13.1. The van der Waals surface area contributed by atoms with Crippen LogP contribution >= 0.6 is 12.2 Å². The topological polar surface area (TPSA) is 143 Å². The first kappa shape index (κ1) is 18.2. The van der Waals surface area contributed by atoms with E-state index in [9.17, 15) is 14.9 Å². The Hall–Kier alpha value is -4.19. The van der Waals surface area contributed by atoms with Gasteiger partial charge in [-0.1, -0.05) is 30.3 Å². The molecular formula is C17H12N8O3S. The van der Waals surface area contributed by atoms with Crippen LogP contribution in [0.4, 0.5) is 17.3 Å². The van der Waals surface area contributed by atoms with E-state index >= 15 is 0 Å². The number of para-hydroxylation sites is 1. The molecule has 1 aromatic heterocycles. The van der Waals surface area contributed by atoms with E-state index in [4.69, 9.17) is 12.2 Å². The molecule has 1 aliphatic rings. The van der Waals surface area contributed by atoms with Crippen molar-refractivity contribution in [3.63, 3.8) is 0 Å². The summed E-state index contributed by atoms with van der Waals surface area (Å²) < 4.78 is 1.39. The highest BCUT2D eigenvalue weighted by Gasteiger charge is 2.26. The Labute approximate surface area is 167 Å². The number of amides is 1. The van der Waals surface area contributed by atoms with Gasteiger partial charge in [0.05, 0.1) is 16.8 Å². The van der Waals surface area contributed by atoms with Gasteiger partial charge in [-0.2, -0.15) is 14.9 Å². The van der Waals surface area contributed by atoms with Crippen molar-refractivity contribution < 1.29 is 9.72 Å². The predicted octanol–water partition coefficient (Wildman–Crippen LogP) is 2.50. The van der Waals surface area contributed by atoms with Gasteiger partial charge in [-0.15, -0.1) is 5.10 Å². The highest BCUT2D eigenvalue weighted by atomic mass is 32.1. The number of benzene rings is 2. The standard InChI is InChI=1S/C17H12N8O3S/c26-15-14(12-6-1-2-7-13(12)19-15)23-24-16(21-22-17(24)29)20-18-9-10-4-3-5-11(8-10)25(27)28/h1-9H,(H,20,21)(H,22,29)(H,19,23,26)/b18-9+. The Kier molecular flexibility index (Phi) is 4.66. The molecule has 0 saturated carbocycles. The van der Waals surface area contributed by atoms with E-state index in [0.717, 1.165) is 0 Å². The average Bonchev–Trinajstić information content (AvgIpc) is 3.22. The Balaban J connectivity index is 1.61. The zero-order valence-corrected chi connectivity index (χ0v) is 15.4. The number of non-ortho nitro benzene ring substituents is 1. The van der Waals surface area contributed by atoms with Crippen molar-refractivity contribution in [3.05, 3.63) is 74.5 Å². The number of aromatic nitrogens is 3. The van der Waals surface area contributed by atoms with E-state index in [2.05, 4.69) is 31.1 Å². The first-order chi connectivity index (χ1) is 14.0. The van der Waals surface area contributed by atoms with Gasteiger partial charge in [0.15, 0.2) is 5.71 Å². The van der Waals surface area contributed by atoms with Crippen LogP contribution in [0.1, 0.15) is 11.1 Å². The maximum atomic E-state index is 12.2. The van der Waals surface area contributed by atoms with Gasteiger partial charge in [-0.05, 0) is 18.3 Å². The van der Waals surface area contributed by atoms with Gasteiger partial charge in [-0.3, -0.25) is 14.9 Å². The van der Waals surface area contributed by atoms with Crippen LogP contribution in [-0.4, -0.2) is 37.6 Å². The molecule has 29 heavy (non-hydrogen) atoms. The van der Waals surface area contributed by atoms with Crippen LogP contribution in [-0.2, 0) is 4.79 Å². The highest BCUT2D eigenvalue weighted by molar-refractivity contribution is 7.71. The molecule has 0 bridgehead atoms. The normalized spacial score (nSPS) is 14.2. The van der Waals surface area contributed by atoms with Gasteiger partial charge in [0.1, 0.15) is 0 Å². The largest absolute Gasteiger partial charge is 0.320 e. The van der Waals surface area contributed by atoms with Gasteiger partial charge in [-0.25, -0.2) is 10.5 Å². The third-order valence-electron chi connectivity index (χ3n) is 3.96. The summed E-state index contributed by atoms with van der Waals surface area (Å²) in [5, 5.41) is 28.4. The fraction of sp³-hybridized carbons (Fsp3) is 0. The molecule has 4 rings (SSSR count). The van der Waals surface area contributed by atoms with E-state index in [1.54, 1.807) is 36.4 Å². The average molecular weight is 408 g/mol. The van der Waals surface area contributed by atoms with Crippen molar-refractivity contribution in [2.45, 2.75) is 0 Å². The number of fused-ring (bicyclic) bond motifs is 1. The number of anilines is 2. The van der Waals surface area contributed by atoms with Crippen molar-refractivity contribution in [3.8, 4) is 0 Å². The second-order valence-electron chi connectivity index (χ2n) is 5.83. The summed E-state index contributed by atoms with van der Waals surface area (Å²) in [7, 11) is 0. The minimum atomic E-state index is -0.490. The fourth-order valence-electron chi connectivity index (χ4n) is 2.64. The van der Waals surface area contributed by atoms with Crippen molar-refractivity contribution >= 4 is 47.4 Å². The SMILES string of the molecule is O=C1Nc2ccccc2/C1=N\n1c(N/N=C/c2cccc([N+](=O)[O-])c2)n[nH]c1=S. The molecule has 3 N–H and O–H groups in total. The number of nitro groups is 1. The smallest absolute Gasteiger partial charge is 0.276 e. The summed E-state index contributed by atoms with van der Waals surface area (Å²) in [4.78, 5) is 22.6. The van der Waals surface area contributed by atoms with Crippen LogP contribution in [0, 0.1) is 14.9 Å². The fourth-order valence-corrected chi connectivity index (χ4v) is 2.81. The van der Waals surface area contributed by atoms with Crippen molar-refractivity contribution in [2.24, 2.45) is 10.2 Å². The lowest BCUT2D eigenvalue weighted by molar-refractivity contribution is -0.384. The van der Waals surface area contributed by atoms with Crippen LogP contribution in [0.15, 0.2) is 58.7 Å². The predicted molar refractivity (Wildman–Crippen MR) is 109 cm³/mol. The molecule has 0 radical (unpaired) electrons. The molecule has 0 aliphatic carbocycles. The number of nitro benzene ring substituents is 1. The molecule has 0 atom stereocenters. The second kappa shape index (κ2) is 7.44. The third-order valence-corrected chi connectivity index (χ3v) is 4.22. The lowest BCUT2D eigenvalue weighted by atomic mass is 10.1. The van der Waals surface area contributed by atoms with Crippen LogP contribution in [0.2, 0.25) is 0 Å². The van der Waals surface area contributed by atoms with Gasteiger partial charge in [0.25, 0.3) is 17.5 Å². The molecule has 0 unspecified atom stereocenters. The Bertz CT molecular complexity index is 1240. The molecule has 1 aliphatic heterocycles. The number of carbonyl (C=O) groups excluding carboxylic acids is 1. The van der Waals surface area contributed by atoms with Crippen LogP contribution in [0.3, 0.4) is 0 Å². The van der Waals surface area contributed by atoms with Crippen molar-refractivity contribution in [2.75, 3.05) is 10.7 Å². The highest BCUT2D eigenvalue weighted by Crippen LogP contribution is 2.23. The number of hydrazone groups is 1. The van der Waals surface area contributed by atoms with Crippen molar-refractivity contribution in [1.82, 2.24) is 14.9 Å². The van der Waals surface area contributed by atoms with Crippen LogP contribution < -0.4 is 10.7 Å². The van der Waals surface area contributed by atoms with E-state index in [0.29, 0.717) is 16.8 Å². The number of nitrogens with zero attached hydrogens (tertiary/aromatic N) is 5. The maximum absolute atomic E-state index is 12.2. The molecule has 1 amide bonds. The molecule has 12 heteroatoms. The first-order valence-corrected chi connectivity index (χ1v) is 8.64. The lowest BCUT2D eigenvalue weighted by Gasteiger charge is -2.01. The molecule has 0 spiro atoms. The zero-order chi connectivity index (χ0) is 20.4. The number of nitrogens with one attached hydrogen (secondary N) is 3. The number of rotatable bonds is 5. The molecule has 11 nitrogen and oxygen atoms in total. The van der Waals surface area contributed by atoms with Crippen LogP contribution in [0.25, 0.3) is 0 Å². The van der Waals surface area contributed by atoms with Gasteiger partial charge in [0.2, 0.25) is 4.77 Å². The van der Waals surface area contributed by atoms with Crippen molar-refractivity contribution in [1.29, 1.82) is 0 Å².